The van der Waals surface area contributed by atoms with E-state index in [1.54, 1.807) is 0 Å². The molecular weight excluding hydrogens is 220 g/mol. The molecule has 4 nitrogen and oxygen atoms in total. The first kappa shape index (κ1) is 11.9. The largest absolute Gasteiger partial charge is 0.317 e. The van der Waals surface area contributed by atoms with Gasteiger partial charge in [-0.3, -0.25) is 0 Å². The lowest BCUT2D eigenvalue weighted by Crippen LogP contribution is -2.34. The Balaban J connectivity index is 1.89. The van der Waals surface area contributed by atoms with E-state index >= 15 is 0 Å². The summed E-state index contributed by atoms with van der Waals surface area (Å²) in [6.07, 6.45) is 6.19. The van der Waals surface area contributed by atoms with E-state index in [0.29, 0.717) is 6.04 Å². The van der Waals surface area contributed by atoms with Gasteiger partial charge < -0.3 is 9.88 Å². The van der Waals surface area contributed by atoms with Crippen molar-refractivity contribution in [1.82, 2.24) is 20.1 Å². The van der Waals surface area contributed by atoms with Gasteiger partial charge in [0.1, 0.15) is 11.6 Å². The van der Waals surface area contributed by atoms with Crippen LogP contribution in [0, 0.1) is 6.92 Å². The molecule has 0 spiro atoms. The number of rotatable bonds is 4. The van der Waals surface area contributed by atoms with Crippen molar-refractivity contribution in [1.29, 1.82) is 0 Å². The van der Waals surface area contributed by atoms with Crippen molar-refractivity contribution < 1.29 is 0 Å². The van der Waals surface area contributed by atoms with E-state index in [2.05, 4.69) is 26.3 Å². The first-order chi connectivity index (χ1) is 7.72. The molecule has 1 heterocycles. The molecule has 0 radical (unpaired) electrons. The molecule has 1 fully saturated rings. The van der Waals surface area contributed by atoms with Crippen LogP contribution in [0.4, 0.5) is 0 Å². The first-order valence-electron chi connectivity index (χ1n) is 5.83. The van der Waals surface area contributed by atoms with Gasteiger partial charge in [0.05, 0.1) is 6.54 Å². The summed E-state index contributed by atoms with van der Waals surface area (Å²) >= 11 is 1.98. The Labute approximate surface area is 101 Å². The van der Waals surface area contributed by atoms with Crippen LogP contribution in [-0.4, -0.2) is 32.3 Å². The number of aryl methyl sites for hydroxylation is 1. The van der Waals surface area contributed by atoms with Crippen molar-refractivity contribution in [2.45, 2.75) is 44.0 Å². The second-order valence-corrected chi connectivity index (χ2v) is 5.49. The van der Waals surface area contributed by atoms with Crippen molar-refractivity contribution in [2.24, 2.45) is 7.05 Å². The number of nitrogens with one attached hydrogen (secondary N) is 1. The zero-order chi connectivity index (χ0) is 11.5. The van der Waals surface area contributed by atoms with Crippen LogP contribution in [0.3, 0.4) is 0 Å². The highest BCUT2D eigenvalue weighted by atomic mass is 32.2. The third-order valence-electron chi connectivity index (χ3n) is 3.46. The highest BCUT2D eigenvalue weighted by molar-refractivity contribution is 7.99. The predicted molar refractivity (Wildman–Crippen MR) is 67.5 cm³/mol. The second kappa shape index (κ2) is 5.19. The Kier molecular flexibility index (Phi) is 3.86. The van der Waals surface area contributed by atoms with Gasteiger partial charge in [-0.2, -0.15) is 11.8 Å². The summed E-state index contributed by atoms with van der Waals surface area (Å²) < 4.78 is 2.05. The van der Waals surface area contributed by atoms with Gasteiger partial charge in [0, 0.05) is 18.3 Å². The molecular formula is C11H20N4S. The highest BCUT2D eigenvalue weighted by Crippen LogP contribution is 2.28. The van der Waals surface area contributed by atoms with Gasteiger partial charge in [0.2, 0.25) is 0 Å². The van der Waals surface area contributed by atoms with Gasteiger partial charge in [-0.1, -0.05) is 6.42 Å². The summed E-state index contributed by atoms with van der Waals surface area (Å²) in [6.45, 7) is 2.82. The predicted octanol–water partition coefficient (Wildman–Crippen LogP) is 1.50. The molecule has 2 rings (SSSR count). The van der Waals surface area contributed by atoms with Gasteiger partial charge in [0.25, 0.3) is 0 Å². The molecule has 0 aromatic carbocycles. The average Bonchev–Trinajstić information content (AvgIpc) is 2.86. The molecule has 1 N–H and O–H groups in total. The molecule has 1 saturated carbocycles. The monoisotopic (exact) mass is 240 g/mol. The third kappa shape index (κ3) is 2.40. The van der Waals surface area contributed by atoms with Crippen molar-refractivity contribution in [3.8, 4) is 0 Å². The van der Waals surface area contributed by atoms with Crippen LogP contribution < -0.4 is 5.32 Å². The minimum absolute atomic E-state index is 0.645. The van der Waals surface area contributed by atoms with Crippen LogP contribution >= 0.6 is 11.8 Å². The van der Waals surface area contributed by atoms with Gasteiger partial charge in [-0.15, -0.1) is 10.2 Å². The van der Waals surface area contributed by atoms with Gasteiger partial charge >= 0.3 is 0 Å². The quantitative estimate of drug-likeness (QED) is 0.866. The molecule has 0 aliphatic heterocycles. The lowest BCUT2D eigenvalue weighted by Gasteiger charge is -2.18. The van der Waals surface area contributed by atoms with E-state index in [-0.39, 0.29) is 0 Å². The zero-order valence-corrected chi connectivity index (χ0v) is 11.0. The molecule has 0 amide bonds. The number of aromatic nitrogens is 3. The molecule has 1 aliphatic rings. The van der Waals surface area contributed by atoms with E-state index in [9.17, 15) is 0 Å². The van der Waals surface area contributed by atoms with E-state index in [4.69, 9.17) is 0 Å². The molecule has 90 valence electrons. The standard InChI is InChI=1S/C11H20N4S/c1-8-13-14-11(15(8)2)7-12-9-5-4-6-10(9)16-3/h9-10,12H,4-7H2,1-3H3. The van der Waals surface area contributed by atoms with E-state index in [0.717, 1.165) is 23.4 Å². The van der Waals surface area contributed by atoms with Crippen LogP contribution in [0.15, 0.2) is 0 Å². The Morgan fingerprint density at radius 2 is 2.25 bits per heavy atom. The maximum atomic E-state index is 4.17. The fourth-order valence-corrected chi connectivity index (χ4v) is 3.23. The molecule has 16 heavy (non-hydrogen) atoms. The Morgan fingerprint density at radius 1 is 1.44 bits per heavy atom. The van der Waals surface area contributed by atoms with Crippen molar-refractivity contribution in [3.05, 3.63) is 11.6 Å². The molecule has 2 atom stereocenters. The Morgan fingerprint density at radius 3 is 2.88 bits per heavy atom. The fourth-order valence-electron chi connectivity index (χ4n) is 2.27. The SMILES string of the molecule is CSC1CCCC1NCc1nnc(C)n1C. The highest BCUT2D eigenvalue weighted by Gasteiger charge is 2.26. The number of hydrogen-bond donors (Lipinski definition) is 1. The third-order valence-corrected chi connectivity index (χ3v) is 4.63. The van der Waals surface area contributed by atoms with Gasteiger partial charge in [0.15, 0.2) is 0 Å². The number of nitrogens with zero attached hydrogens (tertiary/aromatic N) is 3. The van der Waals surface area contributed by atoms with Crippen molar-refractivity contribution in [2.75, 3.05) is 6.26 Å². The van der Waals surface area contributed by atoms with Crippen LogP contribution in [0.5, 0.6) is 0 Å². The van der Waals surface area contributed by atoms with Crippen molar-refractivity contribution >= 4 is 11.8 Å². The van der Waals surface area contributed by atoms with Crippen LogP contribution in [-0.2, 0) is 13.6 Å². The lowest BCUT2D eigenvalue weighted by molar-refractivity contribution is 0.513. The Hall–Kier alpha value is -0.550. The summed E-state index contributed by atoms with van der Waals surface area (Å²) in [5.74, 6) is 2.01. The Bertz CT molecular complexity index is 350. The van der Waals surface area contributed by atoms with Crippen LogP contribution in [0.25, 0.3) is 0 Å². The molecule has 1 aromatic rings. The van der Waals surface area contributed by atoms with Crippen molar-refractivity contribution in [3.63, 3.8) is 0 Å². The van der Waals surface area contributed by atoms with Crippen LogP contribution in [0.1, 0.15) is 30.9 Å². The molecule has 1 aromatic heterocycles. The topological polar surface area (TPSA) is 42.7 Å². The second-order valence-electron chi connectivity index (χ2n) is 4.41. The van der Waals surface area contributed by atoms with Gasteiger partial charge in [-0.25, -0.2) is 0 Å². The summed E-state index contributed by atoms with van der Waals surface area (Å²) in [5.41, 5.74) is 0. The fraction of sp³-hybridized carbons (Fsp3) is 0.818. The summed E-state index contributed by atoms with van der Waals surface area (Å²) in [5, 5.41) is 12.6. The first-order valence-corrected chi connectivity index (χ1v) is 7.12. The number of hydrogen-bond acceptors (Lipinski definition) is 4. The molecule has 5 heteroatoms. The van der Waals surface area contributed by atoms with E-state index < -0.39 is 0 Å². The van der Waals surface area contributed by atoms with E-state index in [1.165, 1.54) is 19.3 Å². The molecule has 0 bridgehead atoms. The average molecular weight is 240 g/mol. The maximum absolute atomic E-state index is 4.17. The summed E-state index contributed by atoms with van der Waals surface area (Å²) in [4.78, 5) is 0. The van der Waals surface area contributed by atoms with Crippen LogP contribution in [0.2, 0.25) is 0 Å². The minimum Gasteiger partial charge on any atom is -0.317 e. The maximum Gasteiger partial charge on any atom is 0.146 e. The normalized spacial score (nSPS) is 25.2. The summed E-state index contributed by atoms with van der Waals surface area (Å²) in [6, 6.07) is 0.645. The summed E-state index contributed by atoms with van der Waals surface area (Å²) in [7, 11) is 2.02. The minimum atomic E-state index is 0.645. The molecule has 2 unspecified atom stereocenters. The molecule has 1 aliphatic carbocycles. The zero-order valence-electron chi connectivity index (χ0n) is 10.2. The number of thioether (sulfide) groups is 1. The lowest BCUT2D eigenvalue weighted by atomic mass is 10.2. The van der Waals surface area contributed by atoms with E-state index in [1.807, 2.05) is 25.7 Å². The van der Waals surface area contributed by atoms with Gasteiger partial charge in [-0.05, 0) is 26.0 Å². The smallest absolute Gasteiger partial charge is 0.146 e. The molecule has 0 saturated heterocycles.